The molecule has 0 fully saturated rings. The van der Waals surface area contributed by atoms with Crippen LogP contribution in [0.4, 0.5) is 0 Å². The van der Waals surface area contributed by atoms with Gasteiger partial charge in [-0.15, -0.1) is 0 Å². The van der Waals surface area contributed by atoms with E-state index in [0.29, 0.717) is 53.4 Å². The van der Waals surface area contributed by atoms with Gasteiger partial charge >= 0.3 is 18.9 Å². The number of ether oxygens (including phenoxy) is 4. The van der Waals surface area contributed by atoms with E-state index in [0.717, 1.165) is 63.1 Å². The fourth-order valence-corrected chi connectivity index (χ4v) is 5.16. The van der Waals surface area contributed by atoms with E-state index in [2.05, 4.69) is 20.8 Å². The fourth-order valence-electron chi connectivity index (χ4n) is 3.68. The SMILES string of the molecule is CCCCCOc1cc(OCCCCC)c(PC(=O)c2c(Cl)cccc2OC)c(OCCCCC)c1.[H-].[Li+]. The number of hydrogen-bond acceptors (Lipinski definition) is 5. The Morgan fingerprint density at radius 3 is 1.81 bits per heavy atom. The van der Waals surface area contributed by atoms with Crippen molar-refractivity contribution in [1.82, 2.24) is 0 Å². The van der Waals surface area contributed by atoms with E-state index in [4.69, 9.17) is 30.5 Å². The average molecular weight is 545 g/mol. The molecule has 0 heterocycles. The molecule has 0 bridgehead atoms. The van der Waals surface area contributed by atoms with Crippen LogP contribution in [0.25, 0.3) is 0 Å². The smallest absolute Gasteiger partial charge is 1.00 e. The van der Waals surface area contributed by atoms with Gasteiger partial charge in [0.1, 0.15) is 23.0 Å². The molecule has 8 heteroatoms. The molecule has 0 amide bonds. The van der Waals surface area contributed by atoms with Crippen LogP contribution in [0.5, 0.6) is 23.0 Å². The Morgan fingerprint density at radius 1 is 0.811 bits per heavy atom. The van der Waals surface area contributed by atoms with Crippen LogP contribution in [0.3, 0.4) is 0 Å². The van der Waals surface area contributed by atoms with E-state index in [1.54, 1.807) is 25.3 Å². The number of unbranched alkanes of at least 4 members (excludes halogenated alkanes) is 6. The molecule has 0 aromatic heterocycles. The van der Waals surface area contributed by atoms with Gasteiger partial charge in [0.2, 0.25) is 0 Å². The third-order valence-corrected chi connectivity index (χ3v) is 7.26. The number of rotatable bonds is 19. The van der Waals surface area contributed by atoms with E-state index < -0.39 is 0 Å². The van der Waals surface area contributed by atoms with Crippen molar-refractivity contribution in [3.63, 3.8) is 0 Å². The topological polar surface area (TPSA) is 54.0 Å². The van der Waals surface area contributed by atoms with Crippen molar-refractivity contribution >= 4 is 31.0 Å². The maximum Gasteiger partial charge on any atom is 1.00 e. The van der Waals surface area contributed by atoms with E-state index >= 15 is 0 Å². The van der Waals surface area contributed by atoms with Crippen LogP contribution >= 0.6 is 20.2 Å². The summed E-state index contributed by atoms with van der Waals surface area (Å²) in [4.78, 5) is 13.5. The second-order valence-corrected chi connectivity index (χ2v) is 10.3. The molecular weight excluding hydrogens is 502 g/mol. The summed E-state index contributed by atoms with van der Waals surface area (Å²) >= 11 is 6.41. The molecule has 2 rings (SSSR count). The number of benzene rings is 2. The third kappa shape index (κ3) is 11.5. The summed E-state index contributed by atoms with van der Waals surface area (Å²) in [6.45, 7) is 8.28. The summed E-state index contributed by atoms with van der Waals surface area (Å²) in [5, 5.41) is 1.12. The largest absolute Gasteiger partial charge is 1.00 e. The molecule has 1 atom stereocenters. The zero-order chi connectivity index (χ0) is 26.2. The van der Waals surface area contributed by atoms with E-state index in [1.807, 2.05) is 12.1 Å². The van der Waals surface area contributed by atoms with Crippen molar-refractivity contribution < 1.29 is 44.0 Å². The van der Waals surface area contributed by atoms with Gasteiger partial charge in [0.15, 0.2) is 5.52 Å². The fraction of sp³-hybridized carbons (Fsp3) is 0.552. The molecule has 0 radical (unpaired) electrons. The Labute approximate surface area is 243 Å². The minimum absolute atomic E-state index is 0. The van der Waals surface area contributed by atoms with Crippen LogP contribution in [-0.4, -0.2) is 32.5 Å². The molecule has 5 nitrogen and oxygen atoms in total. The van der Waals surface area contributed by atoms with Gasteiger partial charge in [-0.25, -0.2) is 0 Å². The normalized spacial score (nSPS) is 10.8. The maximum atomic E-state index is 13.5. The first-order chi connectivity index (χ1) is 17.5. The first kappa shape index (κ1) is 33.7. The molecule has 0 aliphatic rings. The van der Waals surface area contributed by atoms with Crippen LogP contribution in [-0.2, 0) is 0 Å². The average Bonchev–Trinajstić information content (AvgIpc) is 2.88. The van der Waals surface area contributed by atoms with Crippen molar-refractivity contribution in [1.29, 1.82) is 0 Å². The quantitative estimate of drug-likeness (QED) is 0.136. The molecule has 1 unspecified atom stereocenters. The number of carbonyl (C=O) groups excluding carboxylic acids is 1. The number of methoxy groups -OCH3 is 1. The first-order valence-electron chi connectivity index (χ1n) is 13.3. The van der Waals surface area contributed by atoms with Gasteiger partial charge in [-0.05, 0) is 40.0 Å². The Morgan fingerprint density at radius 2 is 1.32 bits per heavy atom. The van der Waals surface area contributed by atoms with Crippen molar-refractivity contribution in [2.24, 2.45) is 0 Å². The zero-order valence-electron chi connectivity index (χ0n) is 24.3. The number of hydrogen-bond donors (Lipinski definition) is 0. The summed E-state index contributed by atoms with van der Waals surface area (Å²) in [6, 6.07) is 9.03. The Balaban J connectivity index is 0.00000684. The molecule has 0 saturated carbocycles. The van der Waals surface area contributed by atoms with Crippen molar-refractivity contribution in [2.75, 3.05) is 26.9 Å². The molecule has 0 aliphatic carbocycles. The monoisotopic (exact) mass is 544 g/mol. The molecule has 202 valence electrons. The molecule has 0 saturated heterocycles. The first-order valence-corrected chi connectivity index (χ1v) is 14.6. The van der Waals surface area contributed by atoms with Gasteiger partial charge in [0, 0.05) is 12.1 Å². The van der Waals surface area contributed by atoms with Crippen molar-refractivity contribution in [3.05, 3.63) is 40.9 Å². The standard InChI is InChI=1S/C29H42ClO5P.Li.H/c1-5-8-11-17-33-22-20-25(34-18-12-9-6-2)28(26(21-22)35-19-13-10-7-3)36-29(31)27-23(30)15-14-16-24(27)32-4;;/h14-16,20-21,36H,5-13,17-19H2,1-4H3;;/q;+1;-1. The number of carbonyl (C=O) groups is 1. The van der Waals surface area contributed by atoms with E-state index in [-0.39, 0.29) is 34.4 Å². The summed E-state index contributed by atoms with van der Waals surface area (Å²) in [6.07, 6.45) is 9.51. The van der Waals surface area contributed by atoms with Crippen molar-refractivity contribution in [2.45, 2.75) is 78.6 Å². The maximum absolute atomic E-state index is 13.5. The molecule has 2 aromatic rings. The minimum atomic E-state index is -0.237. The summed E-state index contributed by atoms with van der Waals surface area (Å²) in [5.41, 5.74) is 0.264. The molecule has 0 N–H and O–H groups in total. The van der Waals surface area contributed by atoms with E-state index in [1.165, 1.54) is 0 Å². The van der Waals surface area contributed by atoms with Crippen LogP contribution < -0.4 is 43.1 Å². The zero-order valence-corrected chi connectivity index (χ0v) is 25.0. The van der Waals surface area contributed by atoms with Gasteiger partial charge < -0.3 is 20.4 Å². The summed E-state index contributed by atoms with van der Waals surface area (Å²) in [5.74, 6) is 2.45. The third-order valence-electron chi connectivity index (χ3n) is 5.73. The minimum Gasteiger partial charge on any atom is -1.00 e. The van der Waals surface area contributed by atoms with Crippen LogP contribution in [0.2, 0.25) is 5.02 Å². The molecule has 0 aliphatic heterocycles. The molecular formula is C29H43ClLiO5P. The van der Waals surface area contributed by atoms with E-state index in [9.17, 15) is 4.79 Å². The molecule has 0 spiro atoms. The summed E-state index contributed by atoms with van der Waals surface area (Å²) in [7, 11) is 1.31. The predicted octanol–water partition coefficient (Wildman–Crippen LogP) is 5.32. The molecule has 2 aromatic carbocycles. The molecule has 37 heavy (non-hydrogen) atoms. The second kappa shape index (κ2) is 19.7. The second-order valence-electron chi connectivity index (χ2n) is 8.73. The number of halogens is 1. The van der Waals surface area contributed by atoms with Crippen LogP contribution in [0, 0.1) is 0 Å². The van der Waals surface area contributed by atoms with Gasteiger partial charge in [0.25, 0.3) is 0 Å². The Hall–Kier alpha value is -1.37. The van der Waals surface area contributed by atoms with Crippen molar-refractivity contribution in [3.8, 4) is 23.0 Å². The van der Waals surface area contributed by atoms with Gasteiger partial charge in [0.05, 0.1) is 42.8 Å². The van der Waals surface area contributed by atoms with Gasteiger partial charge in [-0.3, -0.25) is 4.79 Å². The van der Waals surface area contributed by atoms with Gasteiger partial charge in [-0.1, -0.05) is 77.0 Å². The predicted molar refractivity (Wildman–Crippen MR) is 153 cm³/mol. The van der Waals surface area contributed by atoms with Crippen LogP contribution in [0.1, 0.15) is 90.3 Å². The Kier molecular flexibility index (Phi) is 17.9. The van der Waals surface area contributed by atoms with Gasteiger partial charge in [-0.2, -0.15) is 0 Å². The van der Waals surface area contributed by atoms with Crippen LogP contribution in [0.15, 0.2) is 30.3 Å². The summed E-state index contributed by atoms with van der Waals surface area (Å²) < 4.78 is 23.9. The Bertz CT molecular complexity index is 914.